The zero-order chi connectivity index (χ0) is 10.7. The van der Waals surface area contributed by atoms with Gasteiger partial charge >= 0.3 is 0 Å². The monoisotopic (exact) mass is 218 g/mol. The number of nitrogens with zero attached hydrogens (tertiary/aromatic N) is 1. The van der Waals surface area contributed by atoms with Crippen LogP contribution in [0.15, 0.2) is 29.8 Å². The molecule has 0 spiro atoms. The van der Waals surface area contributed by atoms with Crippen molar-refractivity contribution in [2.24, 2.45) is 0 Å². The van der Waals surface area contributed by atoms with Gasteiger partial charge in [-0.1, -0.05) is 12.1 Å². The van der Waals surface area contributed by atoms with Gasteiger partial charge in [0, 0.05) is 17.3 Å². The molecule has 1 aromatic carbocycles. The van der Waals surface area contributed by atoms with Crippen LogP contribution in [0.5, 0.6) is 0 Å². The Morgan fingerprint density at radius 2 is 2.20 bits per heavy atom. The molecular weight excluding hydrogens is 204 g/mol. The van der Waals surface area contributed by atoms with Crippen LogP contribution in [0.3, 0.4) is 0 Å². The molecule has 0 atom stereocenters. The van der Waals surface area contributed by atoms with Gasteiger partial charge in [-0.15, -0.1) is 11.3 Å². The van der Waals surface area contributed by atoms with E-state index in [1.54, 1.807) is 11.3 Å². The summed E-state index contributed by atoms with van der Waals surface area (Å²) in [6, 6.07) is 6.31. The van der Waals surface area contributed by atoms with Crippen molar-refractivity contribution in [1.82, 2.24) is 4.98 Å². The zero-order valence-electron chi connectivity index (χ0n) is 8.95. The SMILES string of the molecule is Cc1cccc(NCc2nccs2)c1C. The average molecular weight is 218 g/mol. The Bertz CT molecular complexity index is 435. The lowest BCUT2D eigenvalue weighted by Gasteiger charge is -2.09. The quantitative estimate of drug-likeness (QED) is 0.854. The molecule has 2 rings (SSSR count). The van der Waals surface area contributed by atoms with Crippen molar-refractivity contribution < 1.29 is 0 Å². The highest BCUT2D eigenvalue weighted by Crippen LogP contribution is 2.19. The summed E-state index contributed by atoms with van der Waals surface area (Å²) >= 11 is 1.68. The molecule has 0 radical (unpaired) electrons. The van der Waals surface area contributed by atoms with Gasteiger partial charge in [0.2, 0.25) is 0 Å². The standard InChI is InChI=1S/C12H14N2S/c1-9-4-3-5-11(10(9)2)14-8-12-13-6-7-15-12/h3-7,14H,8H2,1-2H3. The van der Waals surface area contributed by atoms with E-state index in [0.717, 1.165) is 11.6 Å². The van der Waals surface area contributed by atoms with E-state index in [9.17, 15) is 0 Å². The van der Waals surface area contributed by atoms with Crippen molar-refractivity contribution >= 4 is 17.0 Å². The Labute approximate surface area is 94.0 Å². The fourth-order valence-electron chi connectivity index (χ4n) is 1.45. The maximum Gasteiger partial charge on any atom is 0.112 e. The van der Waals surface area contributed by atoms with Crippen molar-refractivity contribution in [3.8, 4) is 0 Å². The molecule has 0 aliphatic rings. The summed E-state index contributed by atoms with van der Waals surface area (Å²) in [7, 11) is 0. The summed E-state index contributed by atoms with van der Waals surface area (Å²) in [6.45, 7) is 5.07. The largest absolute Gasteiger partial charge is 0.378 e. The topological polar surface area (TPSA) is 24.9 Å². The van der Waals surface area contributed by atoms with E-state index in [1.807, 2.05) is 11.6 Å². The van der Waals surface area contributed by atoms with Gasteiger partial charge in [0.1, 0.15) is 5.01 Å². The zero-order valence-corrected chi connectivity index (χ0v) is 9.77. The maximum absolute atomic E-state index is 4.24. The first-order valence-corrected chi connectivity index (χ1v) is 5.84. The molecule has 0 unspecified atom stereocenters. The van der Waals surface area contributed by atoms with Crippen LogP contribution >= 0.6 is 11.3 Å². The molecule has 2 aromatic rings. The molecule has 0 aliphatic carbocycles. The van der Waals surface area contributed by atoms with Crippen LogP contribution in [0.4, 0.5) is 5.69 Å². The lowest BCUT2D eigenvalue weighted by Crippen LogP contribution is -2.01. The third kappa shape index (κ3) is 2.36. The molecule has 2 nitrogen and oxygen atoms in total. The minimum Gasteiger partial charge on any atom is -0.378 e. The van der Waals surface area contributed by atoms with Crippen LogP contribution in [0.25, 0.3) is 0 Å². The molecule has 0 aliphatic heterocycles. The maximum atomic E-state index is 4.24. The van der Waals surface area contributed by atoms with Crippen LogP contribution in [0, 0.1) is 13.8 Å². The predicted molar refractivity (Wildman–Crippen MR) is 65.4 cm³/mol. The van der Waals surface area contributed by atoms with Gasteiger partial charge in [-0.3, -0.25) is 0 Å². The Kier molecular flexibility index (Phi) is 3.02. The minimum atomic E-state index is 0.808. The summed E-state index contributed by atoms with van der Waals surface area (Å²) in [5.41, 5.74) is 3.83. The lowest BCUT2D eigenvalue weighted by molar-refractivity contribution is 1.09. The first kappa shape index (κ1) is 10.2. The summed E-state index contributed by atoms with van der Waals surface area (Å²) in [4.78, 5) is 4.24. The molecule has 1 N–H and O–H groups in total. The summed E-state index contributed by atoms with van der Waals surface area (Å²) in [5.74, 6) is 0. The van der Waals surface area contributed by atoms with Crippen molar-refractivity contribution in [3.63, 3.8) is 0 Å². The number of anilines is 1. The summed E-state index contributed by atoms with van der Waals surface area (Å²) in [5, 5.41) is 6.53. The number of benzene rings is 1. The van der Waals surface area contributed by atoms with Gasteiger partial charge in [0.25, 0.3) is 0 Å². The highest BCUT2D eigenvalue weighted by atomic mass is 32.1. The molecule has 78 valence electrons. The number of thiazole rings is 1. The molecule has 0 saturated carbocycles. The Morgan fingerprint density at radius 1 is 1.33 bits per heavy atom. The van der Waals surface area contributed by atoms with Gasteiger partial charge < -0.3 is 5.32 Å². The van der Waals surface area contributed by atoms with Gasteiger partial charge in [-0.25, -0.2) is 4.98 Å². The van der Waals surface area contributed by atoms with Crippen molar-refractivity contribution in [2.45, 2.75) is 20.4 Å². The molecule has 1 heterocycles. The fraction of sp³-hybridized carbons (Fsp3) is 0.250. The Morgan fingerprint density at radius 3 is 2.93 bits per heavy atom. The van der Waals surface area contributed by atoms with Gasteiger partial charge in [-0.2, -0.15) is 0 Å². The number of aryl methyl sites for hydroxylation is 1. The third-order valence-corrected chi connectivity index (χ3v) is 3.30. The number of rotatable bonds is 3. The minimum absolute atomic E-state index is 0.808. The number of nitrogens with one attached hydrogen (secondary N) is 1. The molecule has 0 amide bonds. The van der Waals surface area contributed by atoms with E-state index < -0.39 is 0 Å². The van der Waals surface area contributed by atoms with E-state index in [2.05, 4.69) is 42.3 Å². The third-order valence-electron chi connectivity index (χ3n) is 2.52. The van der Waals surface area contributed by atoms with Gasteiger partial charge in [-0.05, 0) is 31.0 Å². The predicted octanol–water partition coefficient (Wildman–Crippen LogP) is 3.37. The molecule has 15 heavy (non-hydrogen) atoms. The molecule has 1 aromatic heterocycles. The average Bonchev–Trinajstić information content (AvgIpc) is 2.73. The molecule has 0 fully saturated rings. The van der Waals surface area contributed by atoms with Crippen molar-refractivity contribution in [3.05, 3.63) is 45.9 Å². The number of hydrogen-bond donors (Lipinski definition) is 1. The van der Waals surface area contributed by atoms with E-state index in [1.165, 1.54) is 16.8 Å². The lowest BCUT2D eigenvalue weighted by atomic mass is 10.1. The molecule has 0 saturated heterocycles. The normalized spacial score (nSPS) is 10.3. The molecular formula is C12H14N2S. The van der Waals surface area contributed by atoms with Crippen LogP contribution < -0.4 is 5.32 Å². The van der Waals surface area contributed by atoms with Crippen molar-refractivity contribution in [1.29, 1.82) is 0 Å². The van der Waals surface area contributed by atoms with Crippen LogP contribution in [0.2, 0.25) is 0 Å². The molecule has 0 bridgehead atoms. The Hall–Kier alpha value is -1.35. The molecule has 3 heteroatoms. The van der Waals surface area contributed by atoms with E-state index in [0.29, 0.717) is 0 Å². The summed E-state index contributed by atoms with van der Waals surface area (Å²) in [6.07, 6.45) is 1.84. The van der Waals surface area contributed by atoms with E-state index in [4.69, 9.17) is 0 Å². The van der Waals surface area contributed by atoms with Crippen molar-refractivity contribution in [2.75, 3.05) is 5.32 Å². The fourth-order valence-corrected chi connectivity index (χ4v) is 2.01. The Balaban J connectivity index is 2.08. The smallest absolute Gasteiger partial charge is 0.112 e. The second-order valence-electron chi connectivity index (χ2n) is 3.53. The first-order valence-electron chi connectivity index (χ1n) is 4.96. The number of aromatic nitrogens is 1. The number of hydrogen-bond acceptors (Lipinski definition) is 3. The second-order valence-corrected chi connectivity index (χ2v) is 4.51. The van der Waals surface area contributed by atoms with Crippen LogP contribution in [0.1, 0.15) is 16.1 Å². The highest BCUT2D eigenvalue weighted by molar-refractivity contribution is 7.09. The van der Waals surface area contributed by atoms with Gasteiger partial charge in [0.15, 0.2) is 0 Å². The van der Waals surface area contributed by atoms with E-state index >= 15 is 0 Å². The first-order chi connectivity index (χ1) is 7.27. The highest BCUT2D eigenvalue weighted by Gasteiger charge is 2.00. The summed E-state index contributed by atoms with van der Waals surface area (Å²) < 4.78 is 0. The van der Waals surface area contributed by atoms with Crippen LogP contribution in [-0.4, -0.2) is 4.98 Å². The second kappa shape index (κ2) is 4.45. The van der Waals surface area contributed by atoms with E-state index in [-0.39, 0.29) is 0 Å². The van der Waals surface area contributed by atoms with Crippen LogP contribution in [-0.2, 0) is 6.54 Å². The van der Waals surface area contributed by atoms with Gasteiger partial charge in [0.05, 0.1) is 6.54 Å².